The van der Waals surface area contributed by atoms with Gasteiger partial charge in [-0.25, -0.2) is 4.79 Å². The zero-order chi connectivity index (χ0) is 15.5. The average molecular weight is 361 g/mol. The summed E-state index contributed by atoms with van der Waals surface area (Å²) in [5, 5.41) is 0. The smallest absolute Gasteiger partial charge is 0.343 e. The molecule has 0 bridgehead atoms. The van der Waals surface area contributed by atoms with Crippen molar-refractivity contribution in [3.05, 3.63) is 64.0 Å². The van der Waals surface area contributed by atoms with Crippen LogP contribution in [0.3, 0.4) is 0 Å². The van der Waals surface area contributed by atoms with E-state index in [1.807, 2.05) is 31.2 Å². The van der Waals surface area contributed by atoms with Gasteiger partial charge in [-0.05, 0) is 71.4 Å². The minimum atomic E-state index is -0.392. The number of rotatable bonds is 4. The van der Waals surface area contributed by atoms with E-state index < -0.39 is 5.97 Å². The van der Waals surface area contributed by atoms with Crippen LogP contribution >= 0.6 is 15.9 Å². The summed E-state index contributed by atoms with van der Waals surface area (Å²) in [6.07, 6.45) is 3.35. The first-order valence-electron chi connectivity index (χ1n) is 6.80. The van der Waals surface area contributed by atoms with Crippen LogP contribution in [0.1, 0.15) is 18.2 Å². The van der Waals surface area contributed by atoms with Crippen LogP contribution in [0.2, 0.25) is 0 Å². The number of benzene rings is 1. The summed E-state index contributed by atoms with van der Waals surface area (Å²) >= 11 is 3.23. The van der Waals surface area contributed by atoms with E-state index in [0.29, 0.717) is 28.4 Å². The molecule has 0 aliphatic carbocycles. The van der Waals surface area contributed by atoms with E-state index in [1.165, 1.54) is 0 Å². The van der Waals surface area contributed by atoms with Crippen LogP contribution in [0.15, 0.2) is 57.1 Å². The molecule has 0 N–H and O–H groups in total. The Morgan fingerprint density at radius 2 is 1.95 bits per heavy atom. The minimum Gasteiger partial charge on any atom is -0.494 e. The second-order valence-corrected chi connectivity index (χ2v) is 5.38. The number of furan rings is 1. The van der Waals surface area contributed by atoms with Gasteiger partial charge in [0.05, 0.1) is 12.2 Å². The van der Waals surface area contributed by atoms with Crippen molar-refractivity contribution in [1.29, 1.82) is 0 Å². The highest BCUT2D eigenvalue weighted by Gasteiger charge is 2.22. The van der Waals surface area contributed by atoms with E-state index in [0.717, 1.165) is 11.3 Å². The van der Waals surface area contributed by atoms with Crippen molar-refractivity contribution in [2.45, 2.75) is 6.92 Å². The standard InChI is InChI=1S/C17H13BrO4/c1-2-20-13-5-3-11(4-6-13)15-10-12(17(19)22-15)9-14-7-8-16(18)21-14/h3-10H,2H2,1H3/b12-9-. The number of halogens is 1. The lowest BCUT2D eigenvalue weighted by Gasteiger charge is -2.05. The predicted molar refractivity (Wildman–Crippen MR) is 86.1 cm³/mol. The van der Waals surface area contributed by atoms with Crippen molar-refractivity contribution in [1.82, 2.24) is 0 Å². The summed E-state index contributed by atoms with van der Waals surface area (Å²) in [5.74, 6) is 1.50. The normalized spacial score (nSPS) is 15.8. The largest absolute Gasteiger partial charge is 0.494 e. The number of carbonyl (C=O) groups is 1. The molecule has 2 heterocycles. The molecule has 1 aliphatic rings. The first kappa shape index (κ1) is 14.7. The number of ether oxygens (including phenoxy) is 2. The molecule has 112 valence electrons. The summed E-state index contributed by atoms with van der Waals surface area (Å²) in [4.78, 5) is 11.9. The van der Waals surface area contributed by atoms with E-state index in [2.05, 4.69) is 15.9 Å². The van der Waals surface area contributed by atoms with Gasteiger partial charge >= 0.3 is 5.97 Å². The molecule has 0 spiro atoms. The molecule has 0 atom stereocenters. The lowest BCUT2D eigenvalue weighted by atomic mass is 10.1. The molecule has 1 aliphatic heterocycles. The van der Waals surface area contributed by atoms with Crippen LogP contribution in [-0.2, 0) is 9.53 Å². The second-order valence-electron chi connectivity index (χ2n) is 4.60. The van der Waals surface area contributed by atoms with E-state index in [9.17, 15) is 4.79 Å². The molecular weight excluding hydrogens is 348 g/mol. The minimum absolute atomic E-state index is 0.392. The molecule has 5 heteroatoms. The highest BCUT2D eigenvalue weighted by molar-refractivity contribution is 9.10. The van der Waals surface area contributed by atoms with Crippen molar-refractivity contribution in [3.8, 4) is 5.75 Å². The molecule has 0 radical (unpaired) electrons. The van der Waals surface area contributed by atoms with Crippen LogP contribution in [0.5, 0.6) is 5.75 Å². The molecule has 0 amide bonds. The average Bonchev–Trinajstić information content (AvgIpc) is 3.07. The fourth-order valence-electron chi connectivity index (χ4n) is 2.07. The van der Waals surface area contributed by atoms with Crippen LogP contribution in [0, 0.1) is 0 Å². The molecular formula is C17H13BrO4. The molecule has 3 rings (SSSR count). The molecule has 4 nitrogen and oxygen atoms in total. The summed E-state index contributed by atoms with van der Waals surface area (Å²) in [6.45, 7) is 2.54. The SMILES string of the molecule is CCOc1ccc(C2=C/C(=C/c3ccc(Br)o3)C(=O)O2)cc1. The van der Waals surface area contributed by atoms with Crippen molar-refractivity contribution < 1.29 is 18.7 Å². The van der Waals surface area contributed by atoms with Gasteiger partial charge in [-0.15, -0.1) is 0 Å². The van der Waals surface area contributed by atoms with Gasteiger partial charge in [0, 0.05) is 5.56 Å². The van der Waals surface area contributed by atoms with Gasteiger partial charge in [0.25, 0.3) is 0 Å². The summed E-state index contributed by atoms with van der Waals surface area (Å²) < 4.78 is 16.7. The van der Waals surface area contributed by atoms with Crippen molar-refractivity contribution in [2.75, 3.05) is 6.61 Å². The number of hydrogen-bond acceptors (Lipinski definition) is 4. The first-order valence-corrected chi connectivity index (χ1v) is 7.59. The lowest BCUT2D eigenvalue weighted by Crippen LogP contribution is -1.97. The molecule has 1 aromatic heterocycles. The van der Waals surface area contributed by atoms with Gasteiger partial charge in [-0.2, -0.15) is 0 Å². The third-order valence-corrected chi connectivity index (χ3v) is 3.49. The molecule has 22 heavy (non-hydrogen) atoms. The molecule has 0 saturated carbocycles. The Morgan fingerprint density at radius 3 is 2.59 bits per heavy atom. The van der Waals surface area contributed by atoms with E-state index in [1.54, 1.807) is 24.3 Å². The summed E-state index contributed by atoms with van der Waals surface area (Å²) in [6, 6.07) is 10.9. The number of cyclic esters (lactones) is 1. The number of hydrogen-bond donors (Lipinski definition) is 0. The number of carbonyl (C=O) groups excluding carboxylic acids is 1. The van der Waals surface area contributed by atoms with Gasteiger partial charge in [-0.3, -0.25) is 0 Å². The van der Waals surface area contributed by atoms with Gasteiger partial charge < -0.3 is 13.9 Å². The number of esters is 1. The Hall–Kier alpha value is -2.27. The molecule has 2 aromatic rings. The second kappa shape index (κ2) is 6.23. The zero-order valence-electron chi connectivity index (χ0n) is 11.8. The Labute approximate surface area is 136 Å². The third kappa shape index (κ3) is 3.14. The maximum absolute atomic E-state index is 11.9. The monoisotopic (exact) mass is 360 g/mol. The van der Waals surface area contributed by atoms with Crippen molar-refractivity contribution in [2.24, 2.45) is 0 Å². The molecule has 0 fully saturated rings. The maximum atomic E-state index is 11.9. The highest BCUT2D eigenvalue weighted by atomic mass is 79.9. The van der Waals surface area contributed by atoms with Gasteiger partial charge in [0.2, 0.25) is 0 Å². The fraction of sp³-hybridized carbons (Fsp3) is 0.118. The van der Waals surface area contributed by atoms with Crippen molar-refractivity contribution >= 4 is 33.7 Å². The van der Waals surface area contributed by atoms with Crippen LogP contribution in [-0.4, -0.2) is 12.6 Å². The third-order valence-electron chi connectivity index (χ3n) is 3.07. The highest BCUT2D eigenvalue weighted by Crippen LogP contribution is 2.29. The van der Waals surface area contributed by atoms with Crippen LogP contribution in [0.25, 0.3) is 11.8 Å². The molecule has 0 unspecified atom stereocenters. The summed E-state index contributed by atoms with van der Waals surface area (Å²) in [7, 11) is 0. The van der Waals surface area contributed by atoms with E-state index in [-0.39, 0.29) is 0 Å². The first-order chi connectivity index (χ1) is 10.7. The van der Waals surface area contributed by atoms with Gasteiger partial charge in [0.1, 0.15) is 17.3 Å². The summed E-state index contributed by atoms with van der Waals surface area (Å²) in [5.41, 5.74) is 1.27. The predicted octanol–water partition coefficient (Wildman–Crippen LogP) is 4.42. The van der Waals surface area contributed by atoms with Crippen LogP contribution in [0.4, 0.5) is 0 Å². The van der Waals surface area contributed by atoms with Crippen LogP contribution < -0.4 is 4.74 Å². The Bertz CT molecular complexity index is 753. The van der Waals surface area contributed by atoms with Crippen molar-refractivity contribution in [3.63, 3.8) is 0 Å². The Kier molecular flexibility index (Phi) is 4.15. The molecule has 1 aromatic carbocycles. The Balaban J connectivity index is 1.84. The van der Waals surface area contributed by atoms with E-state index in [4.69, 9.17) is 13.9 Å². The zero-order valence-corrected chi connectivity index (χ0v) is 13.4. The topological polar surface area (TPSA) is 48.7 Å². The fourth-order valence-corrected chi connectivity index (χ4v) is 2.39. The van der Waals surface area contributed by atoms with E-state index >= 15 is 0 Å². The molecule has 0 saturated heterocycles. The quantitative estimate of drug-likeness (QED) is 0.598. The van der Waals surface area contributed by atoms with Gasteiger partial charge in [0.15, 0.2) is 4.67 Å². The maximum Gasteiger partial charge on any atom is 0.343 e. The lowest BCUT2D eigenvalue weighted by molar-refractivity contribution is -0.130. The van der Waals surface area contributed by atoms with Gasteiger partial charge in [-0.1, -0.05) is 0 Å². The Morgan fingerprint density at radius 1 is 1.18 bits per heavy atom.